The van der Waals surface area contributed by atoms with Crippen LogP contribution in [0.3, 0.4) is 0 Å². The number of halogens is 4. The van der Waals surface area contributed by atoms with Gasteiger partial charge < -0.3 is 10.1 Å². The minimum absolute atomic E-state index is 0.0206. The van der Waals surface area contributed by atoms with Crippen molar-refractivity contribution in [2.75, 3.05) is 0 Å². The molecule has 2 heterocycles. The highest BCUT2D eigenvalue weighted by atomic mass is 35.5. The number of ether oxygens (including phenoxy) is 1. The fraction of sp³-hybridized carbons (Fsp3) is 0.0800. The summed E-state index contributed by atoms with van der Waals surface area (Å²) in [7, 11) is 0. The molecule has 0 saturated heterocycles. The van der Waals surface area contributed by atoms with Crippen LogP contribution in [0.4, 0.5) is 13.2 Å². The molecular formula is C25H17ClF3N3O2. The van der Waals surface area contributed by atoms with Crippen molar-refractivity contribution in [1.29, 1.82) is 0 Å². The predicted molar refractivity (Wildman–Crippen MR) is 124 cm³/mol. The molecule has 0 bridgehead atoms. The number of carbonyl (C=O) groups excluding carboxylic acids is 1. The molecule has 0 radical (unpaired) electrons. The number of pyridine rings is 2. The van der Waals surface area contributed by atoms with Crippen molar-refractivity contribution in [3.8, 4) is 5.75 Å². The average molecular weight is 484 g/mol. The van der Waals surface area contributed by atoms with E-state index in [1.54, 1.807) is 36.5 Å². The van der Waals surface area contributed by atoms with Gasteiger partial charge in [0.15, 0.2) is 0 Å². The van der Waals surface area contributed by atoms with Gasteiger partial charge in [-0.2, -0.15) is 0 Å². The van der Waals surface area contributed by atoms with Crippen LogP contribution in [0.5, 0.6) is 5.75 Å². The Morgan fingerprint density at radius 1 is 1.03 bits per heavy atom. The summed E-state index contributed by atoms with van der Waals surface area (Å²) in [6, 6.07) is 18.2. The zero-order chi connectivity index (χ0) is 24.1. The van der Waals surface area contributed by atoms with Gasteiger partial charge in [0.25, 0.3) is 5.91 Å². The second-order valence-corrected chi connectivity index (χ2v) is 7.60. The topological polar surface area (TPSA) is 64.1 Å². The maximum atomic E-state index is 12.9. The van der Waals surface area contributed by atoms with Crippen LogP contribution in [0.25, 0.3) is 23.1 Å². The summed E-state index contributed by atoms with van der Waals surface area (Å²) < 4.78 is 42.7. The van der Waals surface area contributed by atoms with Crippen molar-refractivity contribution in [2.24, 2.45) is 0 Å². The fourth-order valence-corrected chi connectivity index (χ4v) is 3.48. The Balaban J connectivity index is 1.73. The van der Waals surface area contributed by atoms with Crippen LogP contribution < -0.4 is 10.1 Å². The molecule has 34 heavy (non-hydrogen) atoms. The third-order valence-corrected chi connectivity index (χ3v) is 5.06. The number of carbonyl (C=O) groups is 1. The molecule has 0 unspecified atom stereocenters. The van der Waals surface area contributed by atoms with E-state index < -0.39 is 18.0 Å². The lowest BCUT2D eigenvalue weighted by Gasteiger charge is -2.13. The van der Waals surface area contributed by atoms with Crippen LogP contribution >= 0.6 is 11.6 Å². The van der Waals surface area contributed by atoms with Gasteiger partial charge in [-0.25, -0.2) is 4.98 Å². The van der Waals surface area contributed by atoms with Gasteiger partial charge in [0.1, 0.15) is 11.4 Å². The van der Waals surface area contributed by atoms with Crippen molar-refractivity contribution >= 4 is 40.6 Å². The molecule has 0 aliphatic carbocycles. The van der Waals surface area contributed by atoms with Crippen molar-refractivity contribution in [3.63, 3.8) is 0 Å². The van der Waals surface area contributed by atoms with E-state index in [4.69, 9.17) is 11.6 Å². The van der Waals surface area contributed by atoms with Crippen LogP contribution in [-0.2, 0) is 6.54 Å². The van der Waals surface area contributed by atoms with E-state index >= 15 is 0 Å². The highest BCUT2D eigenvalue weighted by Gasteiger charge is 2.31. The van der Waals surface area contributed by atoms with Gasteiger partial charge in [0.2, 0.25) is 0 Å². The Kier molecular flexibility index (Phi) is 6.79. The molecule has 2 aromatic carbocycles. The molecule has 1 amide bonds. The van der Waals surface area contributed by atoms with Crippen LogP contribution in [0, 0.1) is 0 Å². The Labute approximate surface area is 197 Å². The number of nitrogens with one attached hydrogen (secondary N) is 1. The highest BCUT2D eigenvalue weighted by molar-refractivity contribution is 6.36. The van der Waals surface area contributed by atoms with E-state index in [0.717, 1.165) is 11.6 Å². The third-order valence-electron chi connectivity index (χ3n) is 4.74. The summed E-state index contributed by atoms with van der Waals surface area (Å²) in [6.45, 7) is 0.177. The summed E-state index contributed by atoms with van der Waals surface area (Å²) in [4.78, 5) is 21.2. The fourth-order valence-electron chi connectivity index (χ4n) is 3.24. The molecule has 2 aromatic heterocycles. The number of hydrogen-bond acceptors (Lipinski definition) is 4. The molecule has 4 aromatic rings. The largest absolute Gasteiger partial charge is 0.573 e. The van der Waals surface area contributed by atoms with E-state index in [9.17, 15) is 18.0 Å². The maximum absolute atomic E-state index is 12.9. The lowest BCUT2D eigenvalue weighted by atomic mass is 10.1. The summed E-state index contributed by atoms with van der Waals surface area (Å²) in [5.74, 6) is -0.938. The number of fused-ring (bicyclic) bond motifs is 1. The summed E-state index contributed by atoms with van der Waals surface area (Å²) in [5.41, 5.74) is 2.07. The molecule has 172 valence electrons. The normalized spacial score (nSPS) is 11.6. The van der Waals surface area contributed by atoms with Gasteiger partial charge in [-0.1, -0.05) is 60.2 Å². The van der Waals surface area contributed by atoms with E-state index in [-0.39, 0.29) is 28.2 Å². The standard InChI is InChI=1S/C25H17ClF3N3O2/c26-21-14-22(24(33)31-15-18-8-4-5-11-30-18)32-23-17(10-9-16-6-2-1-3-7-16)12-19(13-20(21)23)34-25(27,28)29/h1-14H,15H2,(H,31,33)/b10-9+. The number of nitrogens with zero attached hydrogens (tertiary/aromatic N) is 2. The lowest BCUT2D eigenvalue weighted by molar-refractivity contribution is -0.274. The van der Waals surface area contributed by atoms with E-state index in [1.807, 2.05) is 30.3 Å². The lowest BCUT2D eigenvalue weighted by Crippen LogP contribution is -2.24. The third kappa shape index (κ3) is 5.90. The Bertz CT molecular complexity index is 1340. The van der Waals surface area contributed by atoms with Gasteiger partial charge in [-0.3, -0.25) is 9.78 Å². The van der Waals surface area contributed by atoms with Gasteiger partial charge in [-0.05, 0) is 35.9 Å². The van der Waals surface area contributed by atoms with Crippen molar-refractivity contribution < 1.29 is 22.7 Å². The monoisotopic (exact) mass is 483 g/mol. The molecule has 0 fully saturated rings. The molecule has 0 spiro atoms. The Morgan fingerprint density at radius 3 is 2.50 bits per heavy atom. The molecule has 0 saturated carbocycles. The average Bonchev–Trinajstić information content (AvgIpc) is 2.81. The number of benzene rings is 2. The zero-order valence-electron chi connectivity index (χ0n) is 17.5. The second-order valence-electron chi connectivity index (χ2n) is 7.19. The molecule has 9 heteroatoms. The Morgan fingerprint density at radius 2 is 1.79 bits per heavy atom. The predicted octanol–water partition coefficient (Wildman–Crippen LogP) is 6.28. The summed E-state index contributed by atoms with van der Waals surface area (Å²) in [5, 5.41) is 3.00. The van der Waals surface area contributed by atoms with Crippen LogP contribution in [0.15, 0.2) is 72.9 Å². The van der Waals surface area contributed by atoms with Crippen molar-refractivity contribution in [2.45, 2.75) is 12.9 Å². The maximum Gasteiger partial charge on any atom is 0.573 e. The number of alkyl halides is 3. The number of aromatic nitrogens is 2. The smallest absolute Gasteiger partial charge is 0.406 e. The summed E-state index contributed by atoms with van der Waals surface area (Å²) in [6.07, 6.45) is 0.0488. The molecule has 0 aliphatic heterocycles. The molecule has 0 aliphatic rings. The minimum Gasteiger partial charge on any atom is -0.406 e. The molecule has 4 rings (SSSR count). The summed E-state index contributed by atoms with van der Waals surface area (Å²) >= 11 is 6.36. The molecular weight excluding hydrogens is 467 g/mol. The Hall–Kier alpha value is -3.91. The number of hydrogen-bond donors (Lipinski definition) is 1. The zero-order valence-corrected chi connectivity index (χ0v) is 18.3. The second kappa shape index (κ2) is 9.93. The highest BCUT2D eigenvalue weighted by Crippen LogP contribution is 2.33. The van der Waals surface area contributed by atoms with Crippen LogP contribution in [-0.4, -0.2) is 22.2 Å². The van der Waals surface area contributed by atoms with Crippen LogP contribution in [0.1, 0.15) is 27.3 Å². The first-order chi connectivity index (χ1) is 16.3. The first kappa shape index (κ1) is 23.3. The molecule has 1 N–H and O–H groups in total. The minimum atomic E-state index is -4.88. The van der Waals surface area contributed by atoms with E-state index in [0.29, 0.717) is 11.3 Å². The molecule has 5 nitrogen and oxygen atoms in total. The van der Waals surface area contributed by atoms with Crippen molar-refractivity contribution in [1.82, 2.24) is 15.3 Å². The van der Waals surface area contributed by atoms with Crippen molar-refractivity contribution in [3.05, 3.63) is 100 Å². The van der Waals surface area contributed by atoms with Gasteiger partial charge in [0.05, 0.1) is 22.8 Å². The molecule has 0 atom stereocenters. The van der Waals surface area contributed by atoms with E-state index in [2.05, 4.69) is 20.0 Å². The van der Waals surface area contributed by atoms with Crippen LogP contribution in [0.2, 0.25) is 5.02 Å². The van der Waals surface area contributed by atoms with Gasteiger partial charge >= 0.3 is 6.36 Å². The van der Waals surface area contributed by atoms with E-state index in [1.165, 1.54) is 12.1 Å². The quantitative estimate of drug-likeness (QED) is 0.328. The van der Waals surface area contributed by atoms with Gasteiger partial charge in [0, 0.05) is 17.1 Å². The number of rotatable bonds is 6. The first-order valence-electron chi connectivity index (χ1n) is 10.1. The SMILES string of the molecule is O=C(NCc1ccccn1)c1cc(Cl)c2cc(OC(F)(F)F)cc(/C=C/c3ccccc3)c2n1. The van der Waals surface area contributed by atoms with Gasteiger partial charge in [-0.15, -0.1) is 13.2 Å². The number of amides is 1. The first-order valence-corrected chi connectivity index (χ1v) is 10.5.